The van der Waals surface area contributed by atoms with Gasteiger partial charge in [0.2, 0.25) is 5.89 Å². The number of hydrogen-bond donors (Lipinski definition) is 0. The molecule has 0 aliphatic rings. The number of rotatable bonds is 3. The van der Waals surface area contributed by atoms with Gasteiger partial charge in [0.1, 0.15) is 0 Å². The van der Waals surface area contributed by atoms with E-state index in [0.717, 1.165) is 23.5 Å². The lowest BCUT2D eigenvalue weighted by Crippen LogP contribution is -1.84. The Morgan fingerprint density at radius 1 is 1.38 bits per heavy atom. The van der Waals surface area contributed by atoms with Gasteiger partial charge in [0, 0.05) is 6.08 Å². The van der Waals surface area contributed by atoms with Gasteiger partial charge in [0.05, 0.1) is 11.5 Å². The minimum absolute atomic E-state index is 0.362. The first-order chi connectivity index (χ1) is 7.79. The van der Waals surface area contributed by atoms with Crippen molar-refractivity contribution >= 4 is 23.7 Å². The molecule has 0 atom stereocenters. The van der Waals surface area contributed by atoms with Crippen LogP contribution in [0.4, 0.5) is 0 Å². The Bertz CT molecular complexity index is 554. The second-order valence-electron chi connectivity index (χ2n) is 3.26. The summed E-state index contributed by atoms with van der Waals surface area (Å²) in [5.41, 5.74) is 2.39. The summed E-state index contributed by atoms with van der Waals surface area (Å²) in [7, 11) is 0. The molecule has 82 valence electrons. The monoisotopic (exact) mass is 233 g/mol. The normalized spacial score (nSPS) is 11.1. The third-order valence-electron chi connectivity index (χ3n) is 2.24. The Kier molecular flexibility index (Phi) is 3.31. The van der Waals surface area contributed by atoms with E-state index in [4.69, 9.17) is 4.42 Å². The molecule has 0 fully saturated rings. The molecule has 4 heteroatoms. The van der Waals surface area contributed by atoms with Crippen molar-refractivity contribution in [2.45, 2.75) is 13.3 Å². The molecular weight excluding hydrogens is 222 g/mol. The van der Waals surface area contributed by atoms with Crippen molar-refractivity contribution in [3.8, 4) is 0 Å². The molecule has 1 heterocycles. The maximum Gasteiger partial charge on any atom is 0.414 e. The van der Waals surface area contributed by atoms with Gasteiger partial charge in [-0.2, -0.15) is 0 Å². The largest absolute Gasteiger partial charge is 0.414 e. The first-order valence-electron chi connectivity index (χ1n) is 5.02. The minimum atomic E-state index is -0.372. The zero-order valence-electron chi connectivity index (χ0n) is 8.84. The van der Waals surface area contributed by atoms with Crippen LogP contribution >= 0.6 is 11.5 Å². The minimum Gasteiger partial charge on any atom is -0.395 e. The highest BCUT2D eigenvalue weighted by Gasteiger charge is 1.98. The van der Waals surface area contributed by atoms with Crippen LogP contribution in [0.25, 0.3) is 12.2 Å². The summed E-state index contributed by atoms with van der Waals surface area (Å²) in [4.78, 5) is 10.4. The van der Waals surface area contributed by atoms with E-state index in [2.05, 4.69) is 17.4 Å². The van der Waals surface area contributed by atoms with Gasteiger partial charge < -0.3 is 4.42 Å². The van der Waals surface area contributed by atoms with Crippen molar-refractivity contribution in [1.82, 2.24) is 4.37 Å². The van der Waals surface area contributed by atoms with Crippen molar-refractivity contribution in [3.63, 3.8) is 0 Å². The van der Waals surface area contributed by atoms with Gasteiger partial charge in [-0.05, 0) is 23.6 Å². The van der Waals surface area contributed by atoms with E-state index in [1.165, 1.54) is 5.56 Å². The van der Waals surface area contributed by atoms with E-state index >= 15 is 0 Å². The topological polar surface area (TPSA) is 43.1 Å². The molecular formula is C12H11NO2S. The second-order valence-corrected chi connectivity index (χ2v) is 3.96. The average molecular weight is 233 g/mol. The van der Waals surface area contributed by atoms with Gasteiger partial charge in [0.25, 0.3) is 0 Å². The number of hydrogen-bond acceptors (Lipinski definition) is 4. The molecule has 0 aliphatic carbocycles. The van der Waals surface area contributed by atoms with E-state index in [1.807, 2.05) is 24.3 Å². The van der Waals surface area contributed by atoms with Crippen LogP contribution in [-0.2, 0) is 6.42 Å². The number of benzene rings is 1. The van der Waals surface area contributed by atoms with Crippen LogP contribution in [0, 0.1) is 0 Å². The highest BCUT2D eigenvalue weighted by Crippen LogP contribution is 2.12. The summed E-state index contributed by atoms with van der Waals surface area (Å²) >= 11 is 0.826. The molecule has 0 unspecified atom stereocenters. The molecule has 0 saturated carbocycles. The number of aromatic nitrogens is 1. The third-order valence-corrected chi connectivity index (χ3v) is 2.74. The van der Waals surface area contributed by atoms with Gasteiger partial charge >= 0.3 is 4.94 Å². The molecule has 0 bridgehead atoms. The lowest BCUT2D eigenvalue weighted by atomic mass is 10.1. The van der Waals surface area contributed by atoms with Crippen molar-refractivity contribution in [1.29, 1.82) is 0 Å². The summed E-state index contributed by atoms with van der Waals surface area (Å²) in [5.74, 6) is 0.362. The van der Waals surface area contributed by atoms with Gasteiger partial charge in [-0.1, -0.05) is 31.2 Å². The lowest BCUT2D eigenvalue weighted by molar-refractivity contribution is 0.516. The van der Waals surface area contributed by atoms with Crippen LogP contribution < -0.4 is 4.94 Å². The predicted molar refractivity (Wildman–Crippen MR) is 65.4 cm³/mol. The molecule has 0 saturated heterocycles. The van der Waals surface area contributed by atoms with Gasteiger partial charge in [-0.25, -0.2) is 4.79 Å². The molecule has 0 N–H and O–H groups in total. The Morgan fingerprint density at radius 2 is 2.19 bits per heavy atom. The van der Waals surface area contributed by atoms with Gasteiger partial charge in [-0.3, -0.25) is 0 Å². The quantitative estimate of drug-likeness (QED) is 0.818. The molecule has 16 heavy (non-hydrogen) atoms. The van der Waals surface area contributed by atoms with E-state index < -0.39 is 0 Å². The summed E-state index contributed by atoms with van der Waals surface area (Å²) in [5, 5.41) is 0. The lowest BCUT2D eigenvalue weighted by Gasteiger charge is -2.00. The Morgan fingerprint density at radius 3 is 2.88 bits per heavy atom. The molecule has 0 spiro atoms. The predicted octanol–water partition coefficient (Wildman–Crippen LogP) is 2.83. The van der Waals surface area contributed by atoms with Gasteiger partial charge in [-0.15, -0.1) is 4.37 Å². The number of aryl methyl sites for hydroxylation is 1. The Labute approximate surface area is 97.2 Å². The molecule has 3 nitrogen and oxygen atoms in total. The number of nitrogens with zero attached hydrogens (tertiary/aromatic N) is 1. The molecule has 1 aromatic carbocycles. The highest BCUT2D eigenvalue weighted by atomic mass is 32.1. The molecule has 2 aromatic rings. The standard InChI is InChI=1S/C12H11NO2S/c1-2-9-5-3-4-6-10(9)7-8-11-13-16-12(14)15-11/h3-8H,2H2,1H3/b8-7+. The van der Waals surface area contributed by atoms with E-state index in [0.29, 0.717) is 5.89 Å². The van der Waals surface area contributed by atoms with Crippen molar-refractivity contribution in [3.05, 3.63) is 51.0 Å². The fourth-order valence-corrected chi connectivity index (χ4v) is 1.83. The molecule has 0 radical (unpaired) electrons. The summed E-state index contributed by atoms with van der Waals surface area (Å²) in [6.07, 6.45) is 4.60. The van der Waals surface area contributed by atoms with Crippen molar-refractivity contribution in [2.75, 3.05) is 0 Å². The fraction of sp³-hybridized carbons (Fsp3) is 0.167. The maximum atomic E-state index is 10.8. The van der Waals surface area contributed by atoms with Crippen LogP contribution in [0.2, 0.25) is 0 Å². The molecule has 0 aliphatic heterocycles. The van der Waals surface area contributed by atoms with Crippen LogP contribution in [0.3, 0.4) is 0 Å². The second kappa shape index (κ2) is 4.90. The van der Waals surface area contributed by atoms with Crippen molar-refractivity contribution in [2.24, 2.45) is 0 Å². The highest BCUT2D eigenvalue weighted by molar-refractivity contribution is 7.02. The van der Waals surface area contributed by atoms with Gasteiger partial charge in [0.15, 0.2) is 0 Å². The zero-order valence-corrected chi connectivity index (χ0v) is 9.66. The smallest absolute Gasteiger partial charge is 0.395 e. The van der Waals surface area contributed by atoms with Crippen LogP contribution in [-0.4, -0.2) is 4.37 Å². The van der Waals surface area contributed by atoms with E-state index in [-0.39, 0.29) is 4.94 Å². The van der Waals surface area contributed by atoms with Crippen LogP contribution in [0.1, 0.15) is 23.9 Å². The molecule has 1 aromatic heterocycles. The maximum absolute atomic E-state index is 10.8. The zero-order chi connectivity index (χ0) is 11.4. The fourth-order valence-electron chi connectivity index (χ4n) is 1.45. The Balaban J connectivity index is 2.26. The molecule has 2 rings (SSSR count). The summed E-state index contributed by atoms with van der Waals surface area (Å²) < 4.78 is 8.71. The van der Waals surface area contributed by atoms with Crippen LogP contribution in [0.15, 0.2) is 33.5 Å². The molecule has 0 amide bonds. The van der Waals surface area contributed by atoms with Crippen molar-refractivity contribution < 1.29 is 4.42 Å². The Hall–Kier alpha value is -1.68. The van der Waals surface area contributed by atoms with E-state index in [1.54, 1.807) is 6.08 Å². The van der Waals surface area contributed by atoms with E-state index in [9.17, 15) is 4.79 Å². The summed E-state index contributed by atoms with van der Waals surface area (Å²) in [6, 6.07) is 8.10. The first-order valence-corrected chi connectivity index (χ1v) is 5.79. The van der Waals surface area contributed by atoms with Crippen LogP contribution in [0.5, 0.6) is 0 Å². The third kappa shape index (κ3) is 2.46. The summed E-state index contributed by atoms with van der Waals surface area (Å²) in [6.45, 7) is 2.11. The average Bonchev–Trinajstić information content (AvgIpc) is 2.73. The SMILES string of the molecule is CCc1ccccc1/C=C/c1nsc(=O)o1. The first kappa shape index (κ1) is 10.8.